The Balaban J connectivity index is 1.84. The van der Waals surface area contributed by atoms with Crippen molar-refractivity contribution in [3.05, 3.63) is 35.1 Å². The Labute approximate surface area is 111 Å². The number of carbonyl (C=O) groups is 1. The number of amides is 1. The number of benzene rings is 1. The molecule has 0 bridgehead atoms. The Morgan fingerprint density at radius 2 is 2.32 bits per heavy atom. The number of fused-ring (bicyclic) bond motifs is 1. The third-order valence-electron chi connectivity index (χ3n) is 3.87. The maximum Gasteiger partial charge on any atom is 0.254 e. The van der Waals surface area contributed by atoms with Crippen LogP contribution in [-0.2, 0) is 4.74 Å². The van der Waals surface area contributed by atoms with Gasteiger partial charge in [0.05, 0.1) is 18.8 Å². The van der Waals surface area contributed by atoms with Gasteiger partial charge >= 0.3 is 0 Å². The summed E-state index contributed by atoms with van der Waals surface area (Å²) >= 11 is 0. The second-order valence-corrected chi connectivity index (χ2v) is 5.10. The summed E-state index contributed by atoms with van der Waals surface area (Å²) in [5, 5.41) is 3.23. The third kappa shape index (κ3) is 2.24. The highest BCUT2D eigenvalue weighted by Gasteiger charge is 2.38. The van der Waals surface area contributed by atoms with Gasteiger partial charge in [-0.25, -0.2) is 4.39 Å². The molecule has 0 saturated carbocycles. The van der Waals surface area contributed by atoms with Crippen LogP contribution in [0.2, 0.25) is 0 Å². The Morgan fingerprint density at radius 1 is 1.47 bits per heavy atom. The molecule has 2 saturated heterocycles. The highest BCUT2D eigenvalue weighted by atomic mass is 19.1. The number of halogens is 1. The number of nitrogens with zero attached hydrogens (tertiary/aromatic N) is 1. The molecule has 0 unspecified atom stereocenters. The molecule has 0 spiro atoms. The SMILES string of the molecule is Cc1ccc(C(=O)N2CCO[C@H]3CNC[C@H]32)cc1F. The quantitative estimate of drug-likeness (QED) is 0.821. The summed E-state index contributed by atoms with van der Waals surface area (Å²) in [5.41, 5.74) is 0.967. The standard InChI is InChI=1S/C14H17FN2O2/c1-9-2-3-10(6-11(9)15)14(18)17-4-5-19-13-8-16-7-12(13)17/h2-3,6,12-13,16H,4-5,7-8H2,1H3/t12-,13+/m1/s1. The van der Waals surface area contributed by atoms with Crippen molar-refractivity contribution in [2.75, 3.05) is 26.2 Å². The highest BCUT2D eigenvalue weighted by Crippen LogP contribution is 2.21. The van der Waals surface area contributed by atoms with E-state index in [4.69, 9.17) is 4.74 Å². The van der Waals surface area contributed by atoms with E-state index in [2.05, 4.69) is 5.32 Å². The summed E-state index contributed by atoms with van der Waals surface area (Å²) in [6.07, 6.45) is 0.0630. The maximum atomic E-state index is 13.6. The number of aryl methyl sites for hydroxylation is 1. The van der Waals surface area contributed by atoms with Gasteiger partial charge in [0.1, 0.15) is 5.82 Å². The van der Waals surface area contributed by atoms with Crippen LogP contribution in [-0.4, -0.2) is 49.2 Å². The maximum absolute atomic E-state index is 13.6. The van der Waals surface area contributed by atoms with Crippen molar-refractivity contribution in [2.45, 2.75) is 19.1 Å². The number of ether oxygens (including phenoxy) is 1. The van der Waals surface area contributed by atoms with Gasteiger partial charge in [0, 0.05) is 25.2 Å². The first kappa shape index (κ1) is 12.6. The molecule has 102 valence electrons. The highest BCUT2D eigenvalue weighted by molar-refractivity contribution is 5.94. The normalized spacial score (nSPS) is 26.3. The van der Waals surface area contributed by atoms with Crippen molar-refractivity contribution in [2.24, 2.45) is 0 Å². The van der Waals surface area contributed by atoms with E-state index in [1.165, 1.54) is 6.07 Å². The first-order valence-electron chi connectivity index (χ1n) is 6.56. The number of hydrogen-bond donors (Lipinski definition) is 1. The van der Waals surface area contributed by atoms with Crippen molar-refractivity contribution in [3.63, 3.8) is 0 Å². The summed E-state index contributed by atoms with van der Waals surface area (Å²) < 4.78 is 19.2. The molecule has 0 aliphatic carbocycles. The molecule has 2 fully saturated rings. The van der Waals surface area contributed by atoms with Gasteiger partial charge in [-0.15, -0.1) is 0 Å². The molecule has 1 aromatic carbocycles. The predicted octanol–water partition coefficient (Wildman–Crippen LogP) is 0.947. The molecule has 0 radical (unpaired) electrons. The minimum absolute atomic E-state index is 0.0608. The summed E-state index contributed by atoms with van der Waals surface area (Å²) in [5.74, 6) is -0.443. The zero-order valence-electron chi connectivity index (χ0n) is 10.9. The predicted molar refractivity (Wildman–Crippen MR) is 68.6 cm³/mol. The first-order valence-corrected chi connectivity index (χ1v) is 6.56. The molecule has 0 aromatic heterocycles. The van der Waals surface area contributed by atoms with Gasteiger partial charge in [-0.05, 0) is 24.6 Å². The van der Waals surface area contributed by atoms with Crippen LogP contribution < -0.4 is 5.32 Å². The fourth-order valence-corrected chi connectivity index (χ4v) is 2.73. The summed E-state index contributed by atoms with van der Waals surface area (Å²) in [4.78, 5) is 14.3. The fraction of sp³-hybridized carbons (Fsp3) is 0.500. The van der Waals surface area contributed by atoms with E-state index in [0.29, 0.717) is 24.3 Å². The van der Waals surface area contributed by atoms with Crippen LogP contribution in [0.4, 0.5) is 4.39 Å². The molecule has 1 N–H and O–H groups in total. The van der Waals surface area contributed by atoms with E-state index in [0.717, 1.165) is 13.1 Å². The molecule has 2 aliphatic heterocycles. The van der Waals surface area contributed by atoms with Gasteiger partial charge in [-0.2, -0.15) is 0 Å². The lowest BCUT2D eigenvalue weighted by Crippen LogP contribution is -2.53. The van der Waals surface area contributed by atoms with E-state index in [1.54, 1.807) is 24.0 Å². The van der Waals surface area contributed by atoms with Crippen LogP contribution in [0.5, 0.6) is 0 Å². The van der Waals surface area contributed by atoms with Gasteiger partial charge in [-0.3, -0.25) is 4.79 Å². The average molecular weight is 264 g/mol. The summed E-state index contributed by atoms with van der Waals surface area (Å²) in [6.45, 7) is 4.32. The van der Waals surface area contributed by atoms with Crippen LogP contribution in [0.15, 0.2) is 18.2 Å². The first-order chi connectivity index (χ1) is 9.16. The van der Waals surface area contributed by atoms with Gasteiger partial charge in [0.15, 0.2) is 0 Å². The number of rotatable bonds is 1. The second kappa shape index (κ2) is 4.90. The minimum Gasteiger partial charge on any atom is -0.373 e. The molecule has 2 aliphatic rings. The number of hydrogen-bond acceptors (Lipinski definition) is 3. The minimum atomic E-state index is -0.333. The fourth-order valence-electron chi connectivity index (χ4n) is 2.73. The molecule has 5 heteroatoms. The molecule has 2 heterocycles. The topological polar surface area (TPSA) is 41.6 Å². The Bertz CT molecular complexity index is 506. The van der Waals surface area contributed by atoms with Crippen molar-refractivity contribution < 1.29 is 13.9 Å². The lowest BCUT2D eigenvalue weighted by atomic mass is 10.1. The Hall–Kier alpha value is -1.46. The van der Waals surface area contributed by atoms with Crippen LogP contribution >= 0.6 is 0 Å². The van der Waals surface area contributed by atoms with E-state index in [-0.39, 0.29) is 23.9 Å². The lowest BCUT2D eigenvalue weighted by Gasteiger charge is -2.37. The van der Waals surface area contributed by atoms with E-state index < -0.39 is 0 Å². The zero-order chi connectivity index (χ0) is 13.4. The summed E-state index contributed by atoms with van der Waals surface area (Å²) in [6, 6.07) is 4.72. The van der Waals surface area contributed by atoms with E-state index in [1.807, 2.05) is 0 Å². The molecule has 19 heavy (non-hydrogen) atoms. The van der Waals surface area contributed by atoms with Crippen LogP contribution in [0.1, 0.15) is 15.9 Å². The summed E-state index contributed by atoms with van der Waals surface area (Å²) in [7, 11) is 0. The molecule has 1 aromatic rings. The molecular weight excluding hydrogens is 247 g/mol. The van der Waals surface area contributed by atoms with E-state index in [9.17, 15) is 9.18 Å². The molecule has 2 atom stereocenters. The van der Waals surface area contributed by atoms with Crippen LogP contribution in [0.25, 0.3) is 0 Å². The Kier molecular flexibility index (Phi) is 3.24. The van der Waals surface area contributed by atoms with Crippen molar-refractivity contribution in [1.29, 1.82) is 0 Å². The zero-order valence-corrected chi connectivity index (χ0v) is 10.9. The number of morpholine rings is 1. The lowest BCUT2D eigenvalue weighted by molar-refractivity contribution is -0.0364. The molecular formula is C14H17FN2O2. The number of nitrogens with one attached hydrogen (secondary N) is 1. The van der Waals surface area contributed by atoms with Gasteiger partial charge in [0.2, 0.25) is 0 Å². The van der Waals surface area contributed by atoms with Crippen molar-refractivity contribution in [3.8, 4) is 0 Å². The molecule has 4 nitrogen and oxygen atoms in total. The van der Waals surface area contributed by atoms with Gasteiger partial charge in [-0.1, -0.05) is 6.07 Å². The largest absolute Gasteiger partial charge is 0.373 e. The van der Waals surface area contributed by atoms with Crippen LogP contribution in [0, 0.1) is 12.7 Å². The van der Waals surface area contributed by atoms with Crippen LogP contribution in [0.3, 0.4) is 0 Å². The average Bonchev–Trinajstić information content (AvgIpc) is 2.89. The van der Waals surface area contributed by atoms with Gasteiger partial charge < -0.3 is 15.0 Å². The van der Waals surface area contributed by atoms with Crippen molar-refractivity contribution in [1.82, 2.24) is 10.2 Å². The van der Waals surface area contributed by atoms with Crippen molar-refractivity contribution >= 4 is 5.91 Å². The van der Waals surface area contributed by atoms with E-state index >= 15 is 0 Å². The van der Waals surface area contributed by atoms with Gasteiger partial charge in [0.25, 0.3) is 5.91 Å². The Morgan fingerprint density at radius 3 is 3.11 bits per heavy atom. The molecule has 1 amide bonds. The monoisotopic (exact) mass is 264 g/mol. The third-order valence-corrected chi connectivity index (χ3v) is 3.87. The smallest absolute Gasteiger partial charge is 0.254 e. The molecule has 3 rings (SSSR count). The second-order valence-electron chi connectivity index (χ2n) is 5.10. The number of carbonyl (C=O) groups excluding carboxylic acids is 1.